The van der Waals surface area contributed by atoms with Crippen LogP contribution in [-0.2, 0) is 22.4 Å². The molecule has 0 saturated heterocycles. The lowest BCUT2D eigenvalue weighted by Gasteiger charge is -2.23. The molecular weight excluding hydrogens is 314 g/mol. The quantitative estimate of drug-likeness (QED) is 0.867. The number of hydrogen-bond donors (Lipinski definition) is 1. The molecule has 0 fully saturated rings. The van der Waals surface area contributed by atoms with E-state index >= 15 is 0 Å². The van der Waals surface area contributed by atoms with E-state index in [0.717, 1.165) is 11.1 Å². The number of rotatable bonds is 6. The molecule has 4 nitrogen and oxygen atoms in total. The van der Waals surface area contributed by atoms with E-state index in [9.17, 15) is 9.59 Å². The van der Waals surface area contributed by atoms with E-state index in [0.29, 0.717) is 6.42 Å². The zero-order valence-electron chi connectivity index (χ0n) is 15.0. The van der Waals surface area contributed by atoms with Crippen LogP contribution in [0.3, 0.4) is 0 Å². The molecule has 0 heterocycles. The molecule has 4 heteroatoms. The first-order valence-corrected chi connectivity index (χ1v) is 8.43. The van der Waals surface area contributed by atoms with E-state index in [1.807, 2.05) is 60.7 Å². The first-order valence-electron chi connectivity index (χ1n) is 8.43. The van der Waals surface area contributed by atoms with Gasteiger partial charge in [-0.1, -0.05) is 60.7 Å². The van der Waals surface area contributed by atoms with Crippen LogP contribution in [-0.4, -0.2) is 23.5 Å². The van der Waals surface area contributed by atoms with Crippen molar-refractivity contribution >= 4 is 11.9 Å². The second kappa shape index (κ2) is 8.47. The largest absolute Gasteiger partial charge is 0.444 e. The Balaban J connectivity index is 2.10. The van der Waals surface area contributed by atoms with Gasteiger partial charge in [0.05, 0.1) is 6.04 Å². The fraction of sp³-hybridized carbons (Fsp3) is 0.333. The van der Waals surface area contributed by atoms with E-state index < -0.39 is 17.7 Å². The molecule has 1 amide bonds. The normalized spacial score (nSPS) is 12.3. The smallest absolute Gasteiger partial charge is 0.408 e. The van der Waals surface area contributed by atoms with Crippen LogP contribution in [0, 0.1) is 0 Å². The molecular formula is C21H25NO3. The number of ether oxygens (including phenoxy) is 1. The SMILES string of the molecule is CC(C)(C)OC(=O)NC(Cc1ccccc1)C(=O)Cc1ccccc1. The molecule has 2 aromatic rings. The Morgan fingerprint density at radius 2 is 1.44 bits per heavy atom. The lowest BCUT2D eigenvalue weighted by molar-refractivity contribution is -0.120. The predicted octanol–water partition coefficient (Wildman–Crippen LogP) is 3.93. The van der Waals surface area contributed by atoms with Crippen LogP contribution in [0.2, 0.25) is 0 Å². The van der Waals surface area contributed by atoms with Crippen molar-refractivity contribution in [1.82, 2.24) is 5.32 Å². The average Bonchev–Trinajstić information content (AvgIpc) is 2.54. The Hall–Kier alpha value is -2.62. The van der Waals surface area contributed by atoms with Crippen molar-refractivity contribution in [3.8, 4) is 0 Å². The first kappa shape index (κ1) is 18.7. The van der Waals surface area contributed by atoms with Crippen LogP contribution in [0.25, 0.3) is 0 Å². The van der Waals surface area contributed by atoms with E-state index in [1.165, 1.54) is 0 Å². The van der Waals surface area contributed by atoms with Gasteiger partial charge in [-0.2, -0.15) is 0 Å². The Kier molecular flexibility index (Phi) is 6.34. The minimum absolute atomic E-state index is 0.0408. The third kappa shape index (κ3) is 6.79. The third-order valence-electron chi connectivity index (χ3n) is 3.58. The molecule has 0 radical (unpaired) electrons. The summed E-state index contributed by atoms with van der Waals surface area (Å²) in [7, 11) is 0. The maximum absolute atomic E-state index is 12.7. The lowest BCUT2D eigenvalue weighted by atomic mass is 9.98. The lowest BCUT2D eigenvalue weighted by Crippen LogP contribution is -2.45. The maximum atomic E-state index is 12.7. The summed E-state index contributed by atoms with van der Waals surface area (Å²) in [6, 6.07) is 18.5. The Bertz CT molecular complexity index is 690. The van der Waals surface area contributed by atoms with Gasteiger partial charge in [-0.25, -0.2) is 4.79 Å². The van der Waals surface area contributed by atoms with Gasteiger partial charge in [0.25, 0.3) is 0 Å². The highest BCUT2D eigenvalue weighted by atomic mass is 16.6. The molecule has 0 spiro atoms. The van der Waals surface area contributed by atoms with E-state index in [1.54, 1.807) is 20.8 Å². The van der Waals surface area contributed by atoms with Crippen molar-refractivity contribution in [2.75, 3.05) is 0 Å². The monoisotopic (exact) mass is 339 g/mol. The summed E-state index contributed by atoms with van der Waals surface area (Å²) in [6.45, 7) is 5.39. The third-order valence-corrected chi connectivity index (χ3v) is 3.58. The van der Waals surface area contributed by atoms with Crippen molar-refractivity contribution < 1.29 is 14.3 Å². The van der Waals surface area contributed by atoms with Crippen molar-refractivity contribution in [2.24, 2.45) is 0 Å². The number of amides is 1. The van der Waals surface area contributed by atoms with Crippen molar-refractivity contribution in [1.29, 1.82) is 0 Å². The number of hydrogen-bond acceptors (Lipinski definition) is 3. The number of ketones is 1. The number of carbonyl (C=O) groups excluding carboxylic acids is 2. The molecule has 0 bridgehead atoms. The predicted molar refractivity (Wildman–Crippen MR) is 98.5 cm³/mol. The Labute approximate surface area is 149 Å². The molecule has 0 aliphatic heterocycles. The van der Waals surface area contributed by atoms with Crippen LogP contribution >= 0.6 is 0 Å². The molecule has 2 aromatic carbocycles. The van der Waals surface area contributed by atoms with Gasteiger partial charge >= 0.3 is 6.09 Å². The highest BCUT2D eigenvalue weighted by Crippen LogP contribution is 2.11. The van der Waals surface area contributed by atoms with Crippen LogP contribution in [0.5, 0.6) is 0 Å². The first-order chi connectivity index (χ1) is 11.8. The molecule has 0 aromatic heterocycles. The Morgan fingerprint density at radius 1 is 0.920 bits per heavy atom. The van der Waals surface area contributed by atoms with Gasteiger partial charge < -0.3 is 10.1 Å². The van der Waals surface area contributed by atoms with Gasteiger partial charge in [-0.15, -0.1) is 0 Å². The maximum Gasteiger partial charge on any atom is 0.408 e. The molecule has 0 saturated carbocycles. The number of alkyl carbamates (subject to hydrolysis) is 1. The fourth-order valence-electron chi connectivity index (χ4n) is 2.47. The van der Waals surface area contributed by atoms with Gasteiger partial charge in [0, 0.05) is 6.42 Å². The number of nitrogens with one attached hydrogen (secondary N) is 1. The van der Waals surface area contributed by atoms with Gasteiger partial charge in [0.15, 0.2) is 5.78 Å². The molecule has 2 rings (SSSR count). The minimum Gasteiger partial charge on any atom is -0.444 e. The molecule has 1 unspecified atom stereocenters. The molecule has 0 aliphatic carbocycles. The van der Waals surface area contributed by atoms with Crippen LogP contribution in [0.4, 0.5) is 4.79 Å². The summed E-state index contributed by atoms with van der Waals surface area (Å²) in [5.41, 5.74) is 1.31. The number of carbonyl (C=O) groups is 2. The van der Waals surface area contributed by atoms with E-state index in [2.05, 4.69) is 5.32 Å². The summed E-state index contributed by atoms with van der Waals surface area (Å²) in [6.07, 6.45) is 0.134. The molecule has 1 N–H and O–H groups in total. The fourth-order valence-corrected chi connectivity index (χ4v) is 2.47. The second-order valence-electron chi connectivity index (χ2n) is 7.02. The minimum atomic E-state index is -0.627. The zero-order chi connectivity index (χ0) is 18.3. The summed E-state index contributed by atoms with van der Waals surface area (Å²) in [5.74, 6) is -0.0408. The molecule has 25 heavy (non-hydrogen) atoms. The highest BCUT2D eigenvalue weighted by molar-refractivity contribution is 5.89. The van der Waals surface area contributed by atoms with E-state index in [4.69, 9.17) is 4.74 Å². The van der Waals surface area contributed by atoms with Gasteiger partial charge in [-0.3, -0.25) is 4.79 Å². The summed E-state index contributed by atoms with van der Waals surface area (Å²) >= 11 is 0. The standard InChI is InChI=1S/C21H25NO3/c1-21(2,3)25-20(24)22-18(14-16-10-6-4-7-11-16)19(23)15-17-12-8-5-9-13-17/h4-13,18H,14-15H2,1-3H3,(H,22,24). The Morgan fingerprint density at radius 3 is 1.96 bits per heavy atom. The van der Waals surface area contributed by atoms with Crippen molar-refractivity contribution in [2.45, 2.75) is 45.3 Å². The van der Waals surface area contributed by atoms with Gasteiger partial charge in [0.1, 0.15) is 5.60 Å². The molecule has 132 valence electrons. The van der Waals surface area contributed by atoms with Crippen molar-refractivity contribution in [3.63, 3.8) is 0 Å². The van der Waals surface area contributed by atoms with Crippen LogP contribution < -0.4 is 5.32 Å². The van der Waals surface area contributed by atoms with Gasteiger partial charge in [0.2, 0.25) is 0 Å². The van der Waals surface area contributed by atoms with Crippen LogP contribution in [0.15, 0.2) is 60.7 Å². The van der Waals surface area contributed by atoms with Crippen LogP contribution in [0.1, 0.15) is 31.9 Å². The molecule has 0 aliphatic rings. The molecule has 1 atom stereocenters. The number of benzene rings is 2. The second-order valence-corrected chi connectivity index (χ2v) is 7.02. The van der Waals surface area contributed by atoms with Crippen molar-refractivity contribution in [3.05, 3.63) is 71.8 Å². The highest BCUT2D eigenvalue weighted by Gasteiger charge is 2.24. The number of Topliss-reactive ketones (excluding diaryl/α,β-unsaturated/α-hetero) is 1. The average molecular weight is 339 g/mol. The summed E-state index contributed by atoms with van der Waals surface area (Å²) < 4.78 is 5.30. The topological polar surface area (TPSA) is 55.4 Å². The summed E-state index contributed by atoms with van der Waals surface area (Å²) in [5, 5.41) is 2.73. The van der Waals surface area contributed by atoms with Gasteiger partial charge in [-0.05, 0) is 38.3 Å². The zero-order valence-corrected chi connectivity index (χ0v) is 15.0. The van der Waals surface area contributed by atoms with E-state index in [-0.39, 0.29) is 12.2 Å². The summed E-state index contributed by atoms with van der Waals surface area (Å²) in [4.78, 5) is 24.9.